The fraction of sp³-hybridized carbons (Fsp3) is 0.321. The Morgan fingerprint density at radius 2 is 1.56 bits per heavy atom. The Hall–Kier alpha value is -7.04. The number of rotatable bonds is 19. The van der Waals surface area contributed by atoms with E-state index in [1.54, 1.807) is 84.9 Å². The van der Waals surface area contributed by atoms with Gasteiger partial charge in [0.2, 0.25) is 11.2 Å². The highest BCUT2D eigenvalue weighted by Crippen LogP contribution is 2.34. The molecule has 1 aromatic heterocycles. The van der Waals surface area contributed by atoms with Crippen LogP contribution in [0.3, 0.4) is 0 Å². The van der Waals surface area contributed by atoms with Crippen molar-refractivity contribution in [2.24, 2.45) is 5.92 Å². The summed E-state index contributed by atoms with van der Waals surface area (Å²) in [5.74, 6) is -0.554. The van der Waals surface area contributed by atoms with Gasteiger partial charge in [-0.25, -0.2) is 4.79 Å². The number of aliphatic hydroxyl groups is 2. The fourth-order valence-corrected chi connectivity index (χ4v) is 8.92. The van der Waals surface area contributed by atoms with Crippen molar-refractivity contribution in [3.05, 3.63) is 171 Å². The summed E-state index contributed by atoms with van der Waals surface area (Å²) in [5, 5.41) is 43.0. The van der Waals surface area contributed by atoms with Crippen LogP contribution in [-0.4, -0.2) is 95.0 Å². The van der Waals surface area contributed by atoms with Crippen LogP contribution in [0.5, 0.6) is 17.2 Å². The highest BCUT2D eigenvalue weighted by Gasteiger charge is 2.42. The maximum absolute atomic E-state index is 13.9. The lowest BCUT2D eigenvalue weighted by Gasteiger charge is -2.36. The van der Waals surface area contributed by atoms with Gasteiger partial charge in [-0.2, -0.15) is 0 Å². The van der Waals surface area contributed by atoms with Crippen molar-refractivity contribution in [2.45, 2.75) is 62.6 Å². The average molecular weight is 924 g/mol. The molecule has 1 aliphatic heterocycles. The molecule has 2 atom stereocenters. The Bertz CT molecular complexity index is 2760. The number of nitrogens with zero attached hydrogens (tertiary/aromatic N) is 1. The molecule has 0 bridgehead atoms. The van der Waals surface area contributed by atoms with Crippen LogP contribution < -0.4 is 31.0 Å². The molecule has 354 valence electrons. The van der Waals surface area contributed by atoms with E-state index < -0.39 is 17.7 Å². The molecule has 15 nitrogen and oxygen atoms in total. The van der Waals surface area contributed by atoms with Crippen molar-refractivity contribution in [2.75, 3.05) is 40.0 Å². The summed E-state index contributed by atoms with van der Waals surface area (Å²) in [7, 11) is 1.51. The van der Waals surface area contributed by atoms with Gasteiger partial charge < -0.3 is 50.5 Å². The molecule has 1 aliphatic carbocycles. The number of fused-ring (bicyclic) bond motifs is 1. The summed E-state index contributed by atoms with van der Waals surface area (Å²) in [6, 6.07) is 36.2. The van der Waals surface area contributed by atoms with Gasteiger partial charge in [0.15, 0.2) is 6.61 Å². The number of aromatic hydroxyl groups is 1. The first-order valence-electron chi connectivity index (χ1n) is 22.9. The maximum atomic E-state index is 13.9. The van der Waals surface area contributed by atoms with Crippen molar-refractivity contribution >= 4 is 28.7 Å². The Morgan fingerprint density at radius 3 is 2.31 bits per heavy atom. The van der Waals surface area contributed by atoms with E-state index in [2.05, 4.69) is 38.0 Å². The van der Waals surface area contributed by atoms with Crippen molar-refractivity contribution in [1.29, 1.82) is 0 Å². The van der Waals surface area contributed by atoms with Crippen LogP contribution >= 0.6 is 0 Å². The number of ether oxygens (including phenoxy) is 3. The zero-order chi connectivity index (χ0) is 47.6. The van der Waals surface area contributed by atoms with Gasteiger partial charge >= 0.3 is 5.97 Å². The molecular weight excluding hydrogens is 867 g/mol. The number of aromatic nitrogens is 1. The first kappa shape index (κ1) is 47.5. The molecule has 2 fully saturated rings. The Balaban J connectivity index is 0.782. The molecule has 2 aliphatic rings. The van der Waals surface area contributed by atoms with E-state index in [0.717, 1.165) is 38.0 Å². The number of piperidine rings is 1. The Kier molecular flexibility index (Phi) is 15.2. The second-order valence-corrected chi connectivity index (χ2v) is 17.6. The van der Waals surface area contributed by atoms with Crippen molar-refractivity contribution in [3.63, 3.8) is 0 Å². The lowest BCUT2D eigenvalue weighted by Crippen LogP contribution is -2.54. The van der Waals surface area contributed by atoms with Gasteiger partial charge in [0.1, 0.15) is 17.2 Å². The molecule has 0 radical (unpaired) electrons. The normalized spacial score (nSPS) is 17.6. The van der Waals surface area contributed by atoms with E-state index in [4.69, 9.17) is 14.2 Å². The number of likely N-dealkylation sites (tertiary alicyclic amines) is 1. The van der Waals surface area contributed by atoms with Gasteiger partial charge in [0.05, 0.1) is 25.3 Å². The van der Waals surface area contributed by atoms with Crippen LogP contribution in [0.25, 0.3) is 10.9 Å². The molecule has 5 aromatic carbocycles. The highest BCUT2D eigenvalue weighted by atomic mass is 16.6. The third-order valence-electron chi connectivity index (χ3n) is 12.8. The van der Waals surface area contributed by atoms with Crippen LogP contribution in [0.1, 0.15) is 70.0 Å². The number of H-pyrrole nitrogens is 1. The summed E-state index contributed by atoms with van der Waals surface area (Å²) in [4.78, 5) is 56.8. The minimum absolute atomic E-state index is 0.0877. The number of carbonyl (C=O) groups excluding carboxylic acids is 3. The maximum Gasteiger partial charge on any atom is 0.347 e. The number of carbonyl (C=O) groups is 3. The third kappa shape index (κ3) is 11.4. The molecule has 8 rings (SSSR count). The number of hydrogen-bond donors (Lipinski definition) is 7. The molecule has 6 aromatic rings. The Labute approximate surface area is 394 Å². The third-order valence-corrected chi connectivity index (χ3v) is 12.8. The van der Waals surface area contributed by atoms with Gasteiger partial charge in [0.25, 0.3) is 11.8 Å². The smallest absolute Gasteiger partial charge is 0.347 e. The van der Waals surface area contributed by atoms with E-state index in [1.165, 1.54) is 24.8 Å². The average Bonchev–Trinajstić information content (AvgIpc) is 3.35. The summed E-state index contributed by atoms with van der Waals surface area (Å²) >= 11 is 0. The molecule has 1 saturated heterocycles. The van der Waals surface area contributed by atoms with E-state index in [1.807, 2.05) is 18.2 Å². The zero-order valence-corrected chi connectivity index (χ0v) is 37.9. The summed E-state index contributed by atoms with van der Waals surface area (Å²) in [5.41, 5.74) is 1.36. The van der Waals surface area contributed by atoms with Gasteiger partial charge in [-0.1, -0.05) is 84.9 Å². The number of aromatic amines is 1. The molecule has 0 spiro atoms. The van der Waals surface area contributed by atoms with Crippen molar-refractivity contribution in [3.8, 4) is 17.2 Å². The molecule has 15 heteroatoms. The first-order valence-corrected chi connectivity index (χ1v) is 22.9. The minimum atomic E-state index is -2.12. The van der Waals surface area contributed by atoms with Crippen LogP contribution in [-0.2, 0) is 33.0 Å². The lowest BCUT2D eigenvalue weighted by molar-refractivity contribution is -0.164. The second kappa shape index (κ2) is 21.7. The molecule has 2 amide bonds. The van der Waals surface area contributed by atoms with Crippen LogP contribution in [0.4, 0.5) is 0 Å². The van der Waals surface area contributed by atoms with Crippen LogP contribution in [0, 0.1) is 5.92 Å². The van der Waals surface area contributed by atoms with E-state index in [9.17, 15) is 34.5 Å². The quantitative estimate of drug-likeness (QED) is 0.0522. The summed E-state index contributed by atoms with van der Waals surface area (Å²) in [6.45, 7) is 3.05. The van der Waals surface area contributed by atoms with Gasteiger partial charge in [-0.3, -0.25) is 19.3 Å². The number of esters is 1. The largest absolute Gasteiger partial charge is 0.506 e. The topological polar surface area (TPSA) is 212 Å². The molecule has 7 N–H and O–H groups in total. The predicted octanol–water partition coefficient (Wildman–Crippen LogP) is 5.21. The van der Waals surface area contributed by atoms with Gasteiger partial charge in [-0.15, -0.1) is 0 Å². The van der Waals surface area contributed by atoms with Gasteiger partial charge in [-0.05, 0) is 97.8 Å². The number of phenolic OH excluding ortho intramolecular Hbond substituents is 1. The first-order chi connectivity index (χ1) is 33.0. The highest BCUT2D eigenvalue weighted by molar-refractivity contribution is 5.95. The molecule has 1 unspecified atom stereocenters. The molecule has 68 heavy (non-hydrogen) atoms. The Morgan fingerprint density at radius 1 is 0.838 bits per heavy atom. The van der Waals surface area contributed by atoms with E-state index in [0.29, 0.717) is 53.0 Å². The predicted molar refractivity (Wildman–Crippen MR) is 255 cm³/mol. The summed E-state index contributed by atoms with van der Waals surface area (Å²) < 4.78 is 17.3. The molecule has 1 saturated carbocycles. The second-order valence-electron chi connectivity index (χ2n) is 17.6. The number of benzene rings is 5. The SMILES string of the molecule is COc1cc(C(=O)NC2CC(NC(=O)COc3cccc(C(O)(C(=O)OCC4CCN(Cc5ccccc5)CC4)c4ccccc4)c3)C2)ccc1CNC[C@H](O)c1ccc(O)c2[nH]c(=O)ccc12. The standard InChI is InChI=1S/C53H57N5O10/c1-66-47-25-36(15-16-37(47)29-54-30-46(60)43-17-19-45(59)50-44(43)18-20-48(61)57-50)51(63)56-41-27-40(28-41)55-49(62)33-67-42-14-8-13-39(26-42)53(65,38-11-6-3-7-12-38)52(64)68-32-35-21-23-58(24-22-35)31-34-9-4-2-5-10-34/h2-20,25-26,35,40-41,46,54,59-60,65H,21-24,27-33H2,1H3,(H,55,62)(H,56,63)(H,57,61)/t40?,41?,46-,53?/m0/s1. The molecule has 2 heterocycles. The zero-order valence-electron chi connectivity index (χ0n) is 37.9. The number of methoxy groups -OCH3 is 1. The van der Waals surface area contributed by atoms with E-state index in [-0.39, 0.29) is 72.0 Å². The lowest BCUT2D eigenvalue weighted by atomic mass is 9.86. The summed E-state index contributed by atoms with van der Waals surface area (Å²) in [6.07, 6.45) is 1.87. The number of phenols is 1. The van der Waals surface area contributed by atoms with Crippen molar-refractivity contribution in [1.82, 2.24) is 25.8 Å². The van der Waals surface area contributed by atoms with Crippen LogP contribution in [0.15, 0.2) is 132 Å². The van der Waals surface area contributed by atoms with E-state index >= 15 is 0 Å². The molecular formula is C53H57N5O10. The minimum Gasteiger partial charge on any atom is -0.506 e. The number of amides is 2. The van der Waals surface area contributed by atoms with Crippen LogP contribution in [0.2, 0.25) is 0 Å². The number of aliphatic hydroxyl groups excluding tert-OH is 1. The van der Waals surface area contributed by atoms with Crippen molar-refractivity contribution < 1.29 is 43.9 Å². The number of nitrogens with one attached hydrogen (secondary N) is 4. The number of pyridine rings is 1. The monoisotopic (exact) mass is 923 g/mol. The fourth-order valence-electron chi connectivity index (χ4n) is 8.92. The van der Waals surface area contributed by atoms with Gasteiger partial charge in [0, 0.05) is 59.9 Å². The number of hydrogen-bond acceptors (Lipinski definition) is 12.